The lowest BCUT2D eigenvalue weighted by molar-refractivity contribution is 0.0716. The number of carbonyl (C=O) groups is 2. The molecule has 0 bridgehead atoms. The first kappa shape index (κ1) is 16.4. The standard InChI is InChI=1S/C16H18N4O3S/c1-23-14-9-12(3-4-17-14)15(21)19-5-2-6-20(8-7-19)16(22)13-10-24-11-18-13/h3-4,9-11H,2,5-8H2,1H3. The smallest absolute Gasteiger partial charge is 0.273 e. The number of rotatable bonds is 3. The van der Waals surface area contributed by atoms with Gasteiger partial charge in [-0.05, 0) is 12.5 Å². The normalized spacial score (nSPS) is 15.0. The number of amides is 2. The summed E-state index contributed by atoms with van der Waals surface area (Å²) in [6, 6.07) is 3.30. The lowest BCUT2D eigenvalue weighted by atomic mass is 10.2. The van der Waals surface area contributed by atoms with Crippen molar-refractivity contribution >= 4 is 23.2 Å². The third kappa shape index (κ3) is 3.53. The van der Waals surface area contributed by atoms with Crippen molar-refractivity contribution < 1.29 is 14.3 Å². The first-order valence-corrected chi connectivity index (χ1v) is 8.60. The van der Waals surface area contributed by atoms with E-state index in [2.05, 4.69) is 9.97 Å². The molecule has 7 nitrogen and oxygen atoms in total. The number of pyridine rings is 1. The topological polar surface area (TPSA) is 75.6 Å². The summed E-state index contributed by atoms with van der Waals surface area (Å²) in [6.45, 7) is 2.24. The van der Waals surface area contributed by atoms with Crippen LogP contribution in [0.4, 0.5) is 0 Å². The lowest BCUT2D eigenvalue weighted by Gasteiger charge is -2.22. The van der Waals surface area contributed by atoms with E-state index in [4.69, 9.17) is 4.74 Å². The summed E-state index contributed by atoms with van der Waals surface area (Å²) in [5, 5.41) is 1.75. The summed E-state index contributed by atoms with van der Waals surface area (Å²) in [7, 11) is 1.52. The van der Waals surface area contributed by atoms with Crippen LogP contribution in [0.1, 0.15) is 27.3 Å². The van der Waals surface area contributed by atoms with Gasteiger partial charge in [0.2, 0.25) is 5.88 Å². The van der Waals surface area contributed by atoms with Crippen LogP contribution in [-0.2, 0) is 0 Å². The van der Waals surface area contributed by atoms with E-state index in [9.17, 15) is 9.59 Å². The molecule has 126 valence electrons. The molecule has 3 rings (SSSR count). The van der Waals surface area contributed by atoms with Crippen LogP contribution in [0.5, 0.6) is 5.88 Å². The van der Waals surface area contributed by atoms with Gasteiger partial charge in [0.05, 0.1) is 12.6 Å². The van der Waals surface area contributed by atoms with Crippen molar-refractivity contribution in [1.82, 2.24) is 19.8 Å². The van der Waals surface area contributed by atoms with Gasteiger partial charge in [0.15, 0.2) is 0 Å². The molecule has 0 aromatic carbocycles. The number of ether oxygens (including phenoxy) is 1. The molecule has 0 spiro atoms. The summed E-state index contributed by atoms with van der Waals surface area (Å²) < 4.78 is 5.07. The predicted octanol–water partition coefficient (Wildman–Crippen LogP) is 1.53. The Morgan fingerprint density at radius 2 is 1.88 bits per heavy atom. The molecule has 0 radical (unpaired) electrons. The molecule has 2 aromatic rings. The van der Waals surface area contributed by atoms with Gasteiger partial charge in [0.25, 0.3) is 11.8 Å². The molecular weight excluding hydrogens is 328 g/mol. The zero-order valence-electron chi connectivity index (χ0n) is 13.3. The van der Waals surface area contributed by atoms with E-state index in [1.165, 1.54) is 18.4 Å². The van der Waals surface area contributed by atoms with Crippen LogP contribution in [0, 0.1) is 0 Å². The van der Waals surface area contributed by atoms with Crippen molar-refractivity contribution in [3.05, 3.63) is 40.5 Å². The highest BCUT2D eigenvalue weighted by molar-refractivity contribution is 7.07. The van der Waals surface area contributed by atoms with Crippen molar-refractivity contribution in [2.45, 2.75) is 6.42 Å². The van der Waals surface area contributed by atoms with Gasteiger partial charge >= 0.3 is 0 Å². The number of aromatic nitrogens is 2. The molecule has 0 unspecified atom stereocenters. The minimum Gasteiger partial charge on any atom is -0.481 e. The van der Waals surface area contributed by atoms with Crippen LogP contribution < -0.4 is 4.74 Å². The van der Waals surface area contributed by atoms with Crippen molar-refractivity contribution in [3.63, 3.8) is 0 Å². The van der Waals surface area contributed by atoms with Crippen LogP contribution in [0.2, 0.25) is 0 Å². The Hall–Kier alpha value is -2.48. The van der Waals surface area contributed by atoms with Gasteiger partial charge in [-0.15, -0.1) is 11.3 Å². The third-order valence-corrected chi connectivity index (χ3v) is 4.50. The van der Waals surface area contributed by atoms with Crippen molar-refractivity contribution in [1.29, 1.82) is 0 Å². The lowest BCUT2D eigenvalue weighted by Crippen LogP contribution is -2.37. The number of hydrogen-bond acceptors (Lipinski definition) is 6. The number of hydrogen-bond donors (Lipinski definition) is 0. The molecule has 1 aliphatic heterocycles. The zero-order chi connectivity index (χ0) is 16.9. The van der Waals surface area contributed by atoms with Gasteiger partial charge in [-0.1, -0.05) is 0 Å². The molecule has 0 N–H and O–H groups in total. The summed E-state index contributed by atoms with van der Waals surface area (Å²) >= 11 is 1.40. The fraction of sp³-hybridized carbons (Fsp3) is 0.375. The summed E-state index contributed by atoms with van der Waals surface area (Å²) in [5.41, 5.74) is 2.66. The highest BCUT2D eigenvalue weighted by Crippen LogP contribution is 2.14. The summed E-state index contributed by atoms with van der Waals surface area (Å²) in [6.07, 6.45) is 2.30. The Bertz CT molecular complexity index is 720. The van der Waals surface area contributed by atoms with E-state index in [0.717, 1.165) is 6.42 Å². The first-order valence-electron chi connectivity index (χ1n) is 7.66. The predicted molar refractivity (Wildman–Crippen MR) is 89.3 cm³/mol. The Morgan fingerprint density at radius 1 is 1.12 bits per heavy atom. The molecule has 0 saturated carbocycles. The van der Waals surface area contributed by atoms with Gasteiger partial charge in [0, 0.05) is 49.4 Å². The van der Waals surface area contributed by atoms with E-state index in [1.54, 1.807) is 39.0 Å². The number of carbonyl (C=O) groups excluding carboxylic acids is 2. The average molecular weight is 346 g/mol. The van der Waals surface area contributed by atoms with Crippen LogP contribution in [0.3, 0.4) is 0 Å². The van der Waals surface area contributed by atoms with E-state index < -0.39 is 0 Å². The molecular formula is C16H18N4O3S. The SMILES string of the molecule is COc1cc(C(=O)N2CCCN(C(=O)c3cscn3)CC2)ccn1. The molecule has 3 heterocycles. The van der Waals surface area contributed by atoms with Crippen molar-refractivity contribution in [2.75, 3.05) is 33.3 Å². The second kappa shape index (κ2) is 7.39. The van der Waals surface area contributed by atoms with Crippen LogP contribution in [0.25, 0.3) is 0 Å². The molecule has 2 amide bonds. The third-order valence-electron chi connectivity index (χ3n) is 3.91. The molecule has 24 heavy (non-hydrogen) atoms. The Balaban J connectivity index is 1.66. The second-order valence-corrected chi connectivity index (χ2v) is 6.12. The maximum Gasteiger partial charge on any atom is 0.273 e. The van der Waals surface area contributed by atoms with Crippen molar-refractivity contribution in [3.8, 4) is 5.88 Å². The zero-order valence-corrected chi connectivity index (χ0v) is 14.2. The fourth-order valence-electron chi connectivity index (χ4n) is 2.64. The molecule has 1 saturated heterocycles. The minimum absolute atomic E-state index is 0.0707. The Morgan fingerprint density at radius 3 is 2.54 bits per heavy atom. The second-order valence-electron chi connectivity index (χ2n) is 5.40. The van der Waals surface area contributed by atoms with E-state index in [0.29, 0.717) is 43.3 Å². The highest BCUT2D eigenvalue weighted by atomic mass is 32.1. The van der Waals surface area contributed by atoms with Crippen LogP contribution >= 0.6 is 11.3 Å². The number of thiazole rings is 1. The van der Waals surface area contributed by atoms with E-state index >= 15 is 0 Å². The van der Waals surface area contributed by atoms with Crippen LogP contribution in [-0.4, -0.2) is 64.9 Å². The highest BCUT2D eigenvalue weighted by Gasteiger charge is 2.24. The molecule has 0 aliphatic carbocycles. The minimum atomic E-state index is -0.0730. The van der Waals surface area contributed by atoms with Gasteiger partial charge in [0.1, 0.15) is 5.69 Å². The van der Waals surface area contributed by atoms with E-state index in [1.807, 2.05) is 0 Å². The monoisotopic (exact) mass is 346 g/mol. The molecule has 1 aliphatic rings. The maximum atomic E-state index is 12.7. The number of nitrogens with zero attached hydrogens (tertiary/aromatic N) is 4. The van der Waals surface area contributed by atoms with Gasteiger partial charge in [-0.25, -0.2) is 9.97 Å². The van der Waals surface area contributed by atoms with Crippen LogP contribution in [0.15, 0.2) is 29.2 Å². The largest absolute Gasteiger partial charge is 0.481 e. The van der Waals surface area contributed by atoms with Crippen molar-refractivity contribution in [2.24, 2.45) is 0 Å². The Kier molecular flexibility index (Phi) is 5.05. The van der Waals surface area contributed by atoms with Gasteiger partial charge in [-0.3, -0.25) is 9.59 Å². The molecule has 0 atom stereocenters. The molecule has 8 heteroatoms. The Labute approximate surface area is 143 Å². The van der Waals surface area contributed by atoms with E-state index in [-0.39, 0.29) is 11.8 Å². The van der Waals surface area contributed by atoms with Gasteiger partial charge in [-0.2, -0.15) is 0 Å². The molecule has 2 aromatic heterocycles. The maximum absolute atomic E-state index is 12.7. The van der Waals surface area contributed by atoms with Gasteiger partial charge < -0.3 is 14.5 Å². The molecule has 1 fully saturated rings. The quantitative estimate of drug-likeness (QED) is 0.842. The number of methoxy groups -OCH3 is 1. The summed E-state index contributed by atoms with van der Waals surface area (Å²) in [4.78, 5) is 36.7. The average Bonchev–Trinajstić information content (AvgIpc) is 3.05. The first-order chi connectivity index (χ1) is 11.7. The fourth-order valence-corrected chi connectivity index (χ4v) is 3.17. The summed E-state index contributed by atoms with van der Waals surface area (Å²) in [5.74, 6) is 0.269.